The third-order valence-corrected chi connectivity index (χ3v) is 4.38. The highest BCUT2D eigenvalue weighted by Crippen LogP contribution is 2.14. The molecule has 0 unspecified atom stereocenters. The fourth-order valence-corrected chi connectivity index (χ4v) is 2.82. The van der Waals surface area contributed by atoms with Gasteiger partial charge in [0.2, 0.25) is 5.91 Å². The number of hydrogen-bond donors (Lipinski definition) is 0. The van der Waals surface area contributed by atoms with E-state index in [0.717, 1.165) is 18.4 Å². The molecule has 1 aliphatic heterocycles. The Kier molecular flexibility index (Phi) is 4.21. The van der Waals surface area contributed by atoms with Crippen molar-refractivity contribution in [2.75, 3.05) is 19.7 Å². The number of amides is 1. The second-order valence-electron chi connectivity index (χ2n) is 4.62. The fraction of sp³-hybridized carbons (Fsp3) is 0.462. The first kappa shape index (κ1) is 14.0. The average molecular weight is 283 g/mol. The summed E-state index contributed by atoms with van der Waals surface area (Å²) in [5.41, 5.74) is 0.965. The molecule has 1 aromatic carbocycles. The van der Waals surface area contributed by atoms with E-state index in [9.17, 15) is 13.2 Å². The number of carbonyl (C=O) groups is 1. The van der Waals surface area contributed by atoms with E-state index >= 15 is 0 Å². The molecule has 0 atom stereocenters. The predicted octanol–water partition coefficient (Wildman–Crippen LogP) is 1.32. The molecule has 1 saturated heterocycles. The lowest BCUT2D eigenvalue weighted by molar-refractivity contribution is -0.132. The Hall–Kier alpha value is -1.40. The van der Waals surface area contributed by atoms with E-state index in [1.165, 1.54) is 12.1 Å². The molecule has 1 aliphatic rings. The summed E-state index contributed by atoms with van der Waals surface area (Å²) >= 11 is 0. The molecule has 2 rings (SSSR count). The monoisotopic (exact) mass is 283 g/mol. The lowest BCUT2D eigenvalue weighted by Crippen LogP contribution is -2.32. The smallest absolute Gasteiger partial charge is 0.297 e. The summed E-state index contributed by atoms with van der Waals surface area (Å²) in [5.74, 6) is -0.270. The molecule has 0 spiro atoms. The van der Waals surface area contributed by atoms with E-state index in [4.69, 9.17) is 4.18 Å². The van der Waals surface area contributed by atoms with Gasteiger partial charge in [-0.25, -0.2) is 0 Å². The van der Waals surface area contributed by atoms with Crippen molar-refractivity contribution >= 4 is 16.0 Å². The minimum Gasteiger partial charge on any atom is -0.341 e. The van der Waals surface area contributed by atoms with Gasteiger partial charge in [0.25, 0.3) is 10.1 Å². The summed E-state index contributed by atoms with van der Waals surface area (Å²) in [4.78, 5) is 13.4. The van der Waals surface area contributed by atoms with Crippen LogP contribution in [0.5, 0.6) is 0 Å². The highest BCUT2D eigenvalue weighted by atomic mass is 32.2. The maximum absolute atomic E-state index is 11.9. The maximum atomic E-state index is 11.9. The SMILES string of the molecule is Cc1ccc(S(=O)(=O)OCC(=O)N2CCCC2)cc1. The van der Waals surface area contributed by atoms with Crippen molar-refractivity contribution in [1.29, 1.82) is 0 Å². The van der Waals surface area contributed by atoms with Crippen molar-refractivity contribution in [3.05, 3.63) is 29.8 Å². The zero-order chi connectivity index (χ0) is 13.9. The molecule has 0 aliphatic carbocycles. The van der Waals surface area contributed by atoms with E-state index in [0.29, 0.717) is 13.1 Å². The Balaban J connectivity index is 1.97. The van der Waals surface area contributed by atoms with E-state index in [1.54, 1.807) is 17.0 Å². The Bertz CT molecular complexity index is 545. The maximum Gasteiger partial charge on any atom is 0.297 e. The summed E-state index contributed by atoms with van der Waals surface area (Å²) < 4.78 is 28.6. The standard InChI is InChI=1S/C13H17NO4S/c1-11-4-6-12(7-5-11)19(16,17)18-10-13(15)14-8-2-3-9-14/h4-7H,2-3,8-10H2,1H3. The van der Waals surface area contributed by atoms with Gasteiger partial charge in [0.1, 0.15) is 6.61 Å². The van der Waals surface area contributed by atoms with Crippen LogP contribution in [-0.2, 0) is 19.1 Å². The van der Waals surface area contributed by atoms with Gasteiger partial charge in [-0.05, 0) is 31.9 Å². The summed E-state index contributed by atoms with van der Waals surface area (Å²) in [7, 11) is -3.85. The van der Waals surface area contributed by atoms with Gasteiger partial charge < -0.3 is 4.90 Å². The lowest BCUT2D eigenvalue weighted by atomic mass is 10.2. The van der Waals surface area contributed by atoms with Crippen LogP contribution in [0, 0.1) is 6.92 Å². The van der Waals surface area contributed by atoms with E-state index in [1.807, 2.05) is 6.92 Å². The molecular weight excluding hydrogens is 266 g/mol. The predicted molar refractivity (Wildman–Crippen MR) is 70.1 cm³/mol. The zero-order valence-corrected chi connectivity index (χ0v) is 11.6. The topological polar surface area (TPSA) is 63.7 Å². The Morgan fingerprint density at radius 3 is 2.37 bits per heavy atom. The van der Waals surface area contributed by atoms with Gasteiger partial charge in [0, 0.05) is 13.1 Å². The molecule has 19 heavy (non-hydrogen) atoms. The number of hydrogen-bond acceptors (Lipinski definition) is 4. The zero-order valence-electron chi connectivity index (χ0n) is 10.8. The molecule has 0 aromatic heterocycles. The van der Waals surface area contributed by atoms with Crippen LogP contribution >= 0.6 is 0 Å². The van der Waals surface area contributed by atoms with E-state index in [2.05, 4.69) is 0 Å². The average Bonchev–Trinajstić information content (AvgIpc) is 2.90. The molecule has 1 fully saturated rings. The first-order valence-electron chi connectivity index (χ1n) is 6.23. The van der Waals surface area contributed by atoms with Gasteiger partial charge in [-0.15, -0.1) is 0 Å². The van der Waals surface area contributed by atoms with Crippen LogP contribution in [0.2, 0.25) is 0 Å². The fourth-order valence-electron chi connectivity index (χ4n) is 1.96. The van der Waals surface area contributed by atoms with Gasteiger partial charge in [-0.3, -0.25) is 8.98 Å². The number of aryl methyl sites for hydroxylation is 1. The van der Waals surface area contributed by atoms with Gasteiger partial charge >= 0.3 is 0 Å². The van der Waals surface area contributed by atoms with Crippen molar-refractivity contribution < 1.29 is 17.4 Å². The van der Waals surface area contributed by atoms with Crippen molar-refractivity contribution in [2.45, 2.75) is 24.7 Å². The van der Waals surface area contributed by atoms with Crippen molar-refractivity contribution in [3.8, 4) is 0 Å². The van der Waals surface area contributed by atoms with Gasteiger partial charge in [0.05, 0.1) is 4.90 Å². The van der Waals surface area contributed by atoms with E-state index < -0.39 is 16.7 Å². The first-order chi connectivity index (χ1) is 8.99. The van der Waals surface area contributed by atoms with Crippen LogP contribution in [-0.4, -0.2) is 38.9 Å². The molecule has 104 valence electrons. The van der Waals surface area contributed by atoms with Crippen LogP contribution in [0.15, 0.2) is 29.2 Å². The highest BCUT2D eigenvalue weighted by Gasteiger charge is 2.22. The minimum absolute atomic E-state index is 0.0762. The molecule has 0 radical (unpaired) electrons. The molecule has 1 heterocycles. The number of nitrogens with zero attached hydrogens (tertiary/aromatic N) is 1. The highest BCUT2D eigenvalue weighted by molar-refractivity contribution is 7.86. The normalized spacial score (nSPS) is 15.7. The van der Waals surface area contributed by atoms with Gasteiger partial charge in [-0.2, -0.15) is 8.42 Å². The largest absolute Gasteiger partial charge is 0.341 e. The molecule has 0 saturated carbocycles. The Morgan fingerprint density at radius 2 is 1.79 bits per heavy atom. The van der Waals surface area contributed by atoms with Crippen molar-refractivity contribution in [2.24, 2.45) is 0 Å². The molecule has 5 nitrogen and oxygen atoms in total. The van der Waals surface area contributed by atoms with Crippen molar-refractivity contribution in [3.63, 3.8) is 0 Å². The Morgan fingerprint density at radius 1 is 1.21 bits per heavy atom. The molecule has 1 amide bonds. The summed E-state index contributed by atoms with van der Waals surface area (Å²) in [6.07, 6.45) is 1.94. The minimum atomic E-state index is -3.85. The van der Waals surface area contributed by atoms with Crippen LogP contribution in [0.3, 0.4) is 0 Å². The summed E-state index contributed by atoms with van der Waals surface area (Å²) in [6, 6.07) is 6.34. The molecule has 0 N–H and O–H groups in total. The van der Waals surface area contributed by atoms with Gasteiger partial charge in [0.15, 0.2) is 0 Å². The lowest BCUT2D eigenvalue weighted by Gasteiger charge is -2.14. The summed E-state index contributed by atoms with van der Waals surface area (Å²) in [5, 5.41) is 0. The second-order valence-corrected chi connectivity index (χ2v) is 6.23. The first-order valence-corrected chi connectivity index (χ1v) is 7.64. The summed E-state index contributed by atoms with van der Waals surface area (Å²) in [6.45, 7) is 2.82. The van der Waals surface area contributed by atoms with Crippen LogP contribution in [0.4, 0.5) is 0 Å². The number of benzene rings is 1. The third kappa shape index (κ3) is 3.54. The second kappa shape index (κ2) is 5.71. The van der Waals surface area contributed by atoms with Crippen molar-refractivity contribution in [1.82, 2.24) is 4.90 Å². The quantitative estimate of drug-likeness (QED) is 0.782. The Labute approximate surface area is 113 Å². The number of rotatable bonds is 4. The van der Waals surface area contributed by atoms with Crippen LogP contribution < -0.4 is 0 Å². The van der Waals surface area contributed by atoms with E-state index in [-0.39, 0.29) is 10.8 Å². The third-order valence-electron chi connectivity index (χ3n) is 3.11. The molecule has 6 heteroatoms. The van der Waals surface area contributed by atoms with Crippen LogP contribution in [0.1, 0.15) is 18.4 Å². The number of likely N-dealkylation sites (tertiary alicyclic amines) is 1. The van der Waals surface area contributed by atoms with Crippen LogP contribution in [0.25, 0.3) is 0 Å². The number of carbonyl (C=O) groups excluding carboxylic acids is 1. The van der Waals surface area contributed by atoms with Gasteiger partial charge in [-0.1, -0.05) is 17.7 Å². The molecule has 1 aromatic rings. The molecular formula is C13H17NO4S. The molecule has 0 bridgehead atoms.